The van der Waals surface area contributed by atoms with E-state index in [4.69, 9.17) is 16.9 Å². The first kappa shape index (κ1) is 35.9. The third-order valence-corrected chi connectivity index (χ3v) is 7.15. The third-order valence-electron chi connectivity index (χ3n) is 7.15. The van der Waals surface area contributed by atoms with Gasteiger partial charge in [0.15, 0.2) is 0 Å². The van der Waals surface area contributed by atoms with Gasteiger partial charge in [0.1, 0.15) is 17.7 Å². The Balaban J connectivity index is 2.65. The molecule has 0 saturated heterocycles. The predicted octanol–water partition coefficient (Wildman–Crippen LogP) is 5.92. The fourth-order valence-electron chi connectivity index (χ4n) is 4.97. The largest absolute Gasteiger partial charge is 0.444 e. The molecule has 2 atom stereocenters. The summed E-state index contributed by atoms with van der Waals surface area (Å²) < 4.78 is 5.42. The van der Waals surface area contributed by atoms with Crippen molar-refractivity contribution >= 4 is 29.5 Å². The fraction of sp³-hybridized carbons (Fsp3) is 0.486. The fourth-order valence-corrected chi connectivity index (χ4v) is 4.97. The zero-order chi connectivity index (χ0) is 32.9. The van der Waals surface area contributed by atoms with Crippen molar-refractivity contribution in [1.29, 1.82) is 0 Å². The molecule has 0 aliphatic carbocycles. The molecule has 0 radical (unpaired) electrons. The van der Waals surface area contributed by atoms with E-state index >= 15 is 0 Å². The molecule has 4 N–H and O–H groups in total. The van der Waals surface area contributed by atoms with Crippen LogP contribution in [0.3, 0.4) is 0 Å². The molecule has 2 aromatic rings. The number of hydrogen-bond acceptors (Lipinski definition) is 5. The maximum absolute atomic E-state index is 14.5. The van der Waals surface area contributed by atoms with Crippen molar-refractivity contribution in [3.05, 3.63) is 64.7 Å². The highest BCUT2D eigenvalue weighted by molar-refractivity contribution is 6.00. The first-order chi connectivity index (χ1) is 20.8. The van der Waals surface area contributed by atoms with Gasteiger partial charge in [-0.1, -0.05) is 74.9 Å². The molecule has 44 heavy (non-hydrogen) atoms. The molecule has 9 nitrogen and oxygen atoms in total. The highest BCUT2D eigenvalue weighted by Crippen LogP contribution is 2.30. The zero-order valence-electron chi connectivity index (χ0n) is 27.0. The van der Waals surface area contributed by atoms with Gasteiger partial charge in [-0.2, -0.15) is 0 Å². The van der Waals surface area contributed by atoms with Crippen molar-refractivity contribution < 1.29 is 23.9 Å². The molecule has 2 unspecified atom stereocenters. The maximum Gasteiger partial charge on any atom is 0.408 e. The van der Waals surface area contributed by atoms with Gasteiger partial charge < -0.3 is 26.0 Å². The second-order valence-corrected chi connectivity index (χ2v) is 12.0. The van der Waals surface area contributed by atoms with E-state index in [0.29, 0.717) is 23.2 Å². The van der Waals surface area contributed by atoms with Crippen LogP contribution in [0.2, 0.25) is 0 Å². The number of carbonyl (C=O) groups excluding carboxylic acids is 4. The number of benzene rings is 2. The normalized spacial score (nSPS) is 12.4. The van der Waals surface area contributed by atoms with Gasteiger partial charge in [-0.15, -0.1) is 6.42 Å². The van der Waals surface area contributed by atoms with Gasteiger partial charge in [-0.3, -0.25) is 14.4 Å². The number of amides is 4. The van der Waals surface area contributed by atoms with Crippen LogP contribution in [0.1, 0.15) is 101 Å². The highest BCUT2D eigenvalue weighted by atomic mass is 16.6. The van der Waals surface area contributed by atoms with Gasteiger partial charge in [0.25, 0.3) is 5.91 Å². The minimum absolute atomic E-state index is 0.0677. The Bertz CT molecular complexity index is 1320. The van der Waals surface area contributed by atoms with Crippen LogP contribution in [-0.4, -0.2) is 46.9 Å². The summed E-state index contributed by atoms with van der Waals surface area (Å²) in [5, 5.41) is 5.68. The third kappa shape index (κ3) is 11.1. The molecule has 9 heteroatoms. The topological polar surface area (TPSA) is 131 Å². The molecule has 0 aliphatic rings. The van der Waals surface area contributed by atoms with Crippen LogP contribution >= 0.6 is 0 Å². The smallest absolute Gasteiger partial charge is 0.408 e. The standard InChI is InChI=1S/C35H48N4O5/c1-8-10-11-12-15-23-39(33(42)28(21-22-29(36)40)37-34(43)44-35(5,6)7)31(27-20-14-13-19-26(27)9-2)32(41)38-30-24(3)17-16-18-25(30)4/h2,13-14,16-20,28,31H,8,10-12,15,21-23H2,1,3-7H3,(H2,36,40)(H,37,43)(H,38,41). The predicted molar refractivity (Wildman–Crippen MR) is 174 cm³/mol. The summed E-state index contributed by atoms with van der Waals surface area (Å²) in [5.74, 6) is 1.04. The maximum atomic E-state index is 14.5. The number of anilines is 1. The number of alkyl carbamates (subject to hydrolysis) is 1. The number of rotatable bonds is 15. The van der Waals surface area contributed by atoms with E-state index < -0.39 is 41.5 Å². The van der Waals surface area contributed by atoms with Crippen LogP contribution in [0.4, 0.5) is 10.5 Å². The van der Waals surface area contributed by atoms with E-state index in [1.807, 2.05) is 32.0 Å². The second-order valence-electron chi connectivity index (χ2n) is 12.0. The number of nitrogens with zero attached hydrogens (tertiary/aromatic N) is 1. The van der Waals surface area contributed by atoms with E-state index in [9.17, 15) is 19.2 Å². The monoisotopic (exact) mass is 604 g/mol. The molecular weight excluding hydrogens is 556 g/mol. The van der Waals surface area contributed by atoms with E-state index in [2.05, 4.69) is 23.5 Å². The van der Waals surface area contributed by atoms with Crippen LogP contribution in [0.15, 0.2) is 42.5 Å². The lowest BCUT2D eigenvalue weighted by atomic mass is 9.96. The molecule has 4 amide bonds. The number of unbranched alkanes of at least 4 members (excludes halogenated alkanes) is 4. The van der Waals surface area contributed by atoms with Crippen molar-refractivity contribution in [1.82, 2.24) is 10.2 Å². The van der Waals surface area contributed by atoms with Gasteiger partial charge in [-0.25, -0.2) is 4.79 Å². The van der Waals surface area contributed by atoms with Crippen LogP contribution in [-0.2, 0) is 19.1 Å². The minimum Gasteiger partial charge on any atom is -0.444 e. The molecular formula is C35H48N4O5. The van der Waals surface area contributed by atoms with Gasteiger partial charge >= 0.3 is 6.09 Å². The average Bonchev–Trinajstić information content (AvgIpc) is 2.95. The van der Waals surface area contributed by atoms with E-state index in [1.165, 1.54) is 4.90 Å². The molecule has 238 valence electrons. The van der Waals surface area contributed by atoms with E-state index in [0.717, 1.165) is 36.8 Å². The molecule has 2 aromatic carbocycles. The molecule has 0 fully saturated rings. The number of ether oxygens (including phenoxy) is 1. The van der Waals surface area contributed by atoms with Crippen molar-refractivity contribution in [2.75, 3.05) is 11.9 Å². The molecule has 0 aromatic heterocycles. The van der Waals surface area contributed by atoms with Gasteiger partial charge in [0, 0.05) is 24.2 Å². The zero-order valence-corrected chi connectivity index (χ0v) is 27.0. The summed E-state index contributed by atoms with van der Waals surface area (Å²) >= 11 is 0. The van der Waals surface area contributed by atoms with Gasteiger partial charge in [-0.05, 0) is 70.2 Å². The summed E-state index contributed by atoms with van der Waals surface area (Å²) in [7, 11) is 0. The van der Waals surface area contributed by atoms with Crippen LogP contribution in [0, 0.1) is 26.2 Å². The lowest BCUT2D eigenvalue weighted by Crippen LogP contribution is -2.53. The molecule has 0 saturated carbocycles. The Morgan fingerprint density at radius 1 is 0.977 bits per heavy atom. The minimum atomic E-state index is -1.18. The quantitative estimate of drug-likeness (QED) is 0.172. The molecule has 0 bridgehead atoms. The molecule has 0 heterocycles. The Kier molecular flexibility index (Phi) is 13.9. The number of aryl methyl sites for hydroxylation is 2. The Hall–Kier alpha value is -4.32. The molecule has 0 spiro atoms. The summed E-state index contributed by atoms with van der Waals surface area (Å²) in [6, 6.07) is 10.4. The molecule has 2 rings (SSSR count). The summed E-state index contributed by atoms with van der Waals surface area (Å²) in [6.45, 7) is 11.3. The number of terminal acetylenes is 1. The number of carbonyl (C=O) groups is 4. The lowest BCUT2D eigenvalue weighted by Gasteiger charge is -2.35. The first-order valence-electron chi connectivity index (χ1n) is 15.3. The summed E-state index contributed by atoms with van der Waals surface area (Å²) in [6.07, 6.45) is 9.36. The SMILES string of the molecule is C#Cc1ccccc1C(C(=O)Nc1c(C)cccc1C)N(CCCCCCC)C(=O)C(CCC(N)=O)NC(=O)OC(C)(C)C. The molecule has 0 aliphatic heterocycles. The number of hydrogen-bond donors (Lipinski definition) is 3. The van der Waals surface area contributed by atoms with Crippen LogP contribution in [0.5, 0.6) is 0 Å². The van der Waals surface area contributed by atoms with Gasteiger partial charge in [0.2, 0.25) is 11.8 Å². The Morgan fingerprint density at radius 3 is 2.20 bits per heavy atom. The van der Waals surface area contributed by atoms with Crippen molar-refractivity contribution in [3.63, 3.8) is 0 Å². The number of primary amides is 1. The van der Waals surface area contributed by atoms with E-state index in [1.54, 1.807) is 45.0 Å². The average molecular weight is 605 g/mol. The second kappa shape index (κ2) is 17.1. The van der Waals surface area contributed by atoms with Crippen molar-refractivity contribution in [3.8, 4) is 12.3 Å². The van der Waals surface area contributed by atoms with Crippen LogP contribution < -0.4 is 16.4 Å². The van der Waals surface area contributed by atoms with Crippen molar-refractivity contribution in [2.24, 2.45) is 5.73 Å². The number of nitrogens with one attached hydrogen (secondary N) is 2. The first-order valence-corrected chi connectivity index (χ1v) is 15.3. The Labute approximate surface area is 262 Å². The lowest BCUT2D eigenvalue weighted by molar-refractivity contribution is -0.141. The van der Waals surface area contributed by atoms with Gasteiger partial charge in [0.05, 0.1) is 0 Å². The summed E-state index contributed by atoms with van der Waals surface area (Å²) in [4.78, 5) is 54.8. The van der Waals surface area contributed by atoms with E-state index in [-0.39, 0.29) is 19.4 Å². The number of para-hydroxylation sites is 1. The van der Waals surface area contributed by atoms with Crippen LogP contribution in [0.25, 0.3) is 0 Å². The summed E-state index contributed by atoms with van der Waals surface area (Å²) in [5.41, 5.74) is 7.94. The number of nitrogens with two attached hydrogens (primary N) is 1. The Morgan fingerprint density at radius 2 is 1.61 bits per heavy atom. The van der Waals surface area contributed by atoms with Crippen molar-refractivity contribution in [2.45, 2.75) is 104 Å². The highest BCUT2D eigenvalue weighted by Gasteiger charge is 2.37.